The number of hydrogen-bond acceptors (Lipinski definition) is 5. The minimum atomic E-state index is -3.82. The predicted octanol–water partition coefficient (Wildman–Crippen LogP) is 1.65. The molecule has 0 bridgehead atoms. The van der Waals surface area contributed by atoms with E-state index < -0.39 is 16.0 Å². The molecule has 8 heteroatoms. The minimum Gasteiger partial charge on any atom is -0.478 e. The molecule has 2 aromatic rings. The Morgan fingerprint density at radius 2 is 1.86 bits per heavy atom. The Bertz CT molecular complexity index is 789. The number of benzene rings is 1. The molecule has 0 amide bonds. The van der Waals surface area contributed by atoms with Gasteiger partial charge in [-0.2, -0.15) is 0 Å². The maximum absolute atomic E-state index is 12.4. The lowest BCUT2D eigenvalue weighted by molar-refractivity contribution is 0.0696. The fourth-order valence-electron chi connectivity index (χ4n) is 1.81. The largest absolute Gasteiger partial charge is 0.478 e. The number of sulfonamides is 1. The molecule has 0 saturated heterocycles. The Balaban J connectivity index is 2.47. The molecule has 0 saturated carbocycles. The summed E-state index contributed by atoms with van der Waals surface area (Å²) in [5.41, 5.74) is 0.00474. The highest BCUT2D eigenvalue weighted by molar-refractivity contribution is 7.92. The van der Waals surface area contributed by atoms with Crippen LogP contribution in [-0.4, -0.2) is 38.6 Å². The van der Waals surface area contributed by atoms with E-state index in [2.05, 4.69) is 9.71 Å². The van der Waals surface area contributed by atoms with Gasteiger partial charge in [0.25, 0.3) is 10.0 Å². The number of nitrogens with one attached hydrogen (secondary N) is 1. The number of carboxylic acids is 1. The molecule has 1 heterocycles. The number of carboxylic acid groups (broad SMARTS) is 1. The van der Waals surface area contributed by atoms with Gasteiger partial charge in [-0.15, -0.1) is 0 Å². The number of aromatic nitrogens is 1. The van der Waals surface area contributed by atoms with Crippen molar-refractivity contribution in [1.29, 1.82) is 0 Å². The van der Waals surface area contributed by atoms with Crippen LogP contribution < -0.4 is 9.62 Å². The average Bonchev–Trinajstić information content (AvgIpc) is 2.47. The second-order valence-corrected chi connectivity index (χ2v) is 6.40. The molecule has 116 valence electrons. The normalized spacial score (nSPS) is 11.0. The third-order valence-electron chi connectivity index (χ3n) is 2.84. The standard InChI is InChI=1S/C14H15N3O4S/c1-17(2)13-12(8-10(9-15-13)14(18)19)16-22(20,21)11-6-4-3-5-7-11/h3-9,16H,1-2H3,(H,18,19). The molecule has 1 aromatic heterocycles. The molecule has 2 N–H and O–H groups in total. The first-order valence-corrected chi connectivity index (χ1v) is 7.78. The van der Waals surface area contributed by atoms with Gasteiger partial charge in [-0.25, -0.2) is 18.2 Å². The van der Waals surface area contributed by atoms with Crippen LogP contribution in [0.15, 0.2) is 47.5 Å². The maximum Gasteiger partial charge on any atom is 0.337 e. The smallest absolute Gasteiger partial charge is 0.337 e. The van der Waals surface area contributed by atoms with E-state index in [9.17, 15) is 13.2 Å². The quantitative estimate of drug-likeness (QED) is 0.868. The summed E-state index contributed by atoms with van der Waals surface area (Å²) in [6, 6.07) is 9.06. The van der Waals surface area contributed by atoms with Crippen LogP contribution in [0, 0.1) is 0 Å². The second-order valence-electron chi connectivity index (χ2n) is 4.71. The summed E-state index contributed by atoms with van der Waals surface area (Å²) in [5.74, 6) is -0.859. The van der Waals surface area contributed by atoms with Crippen LogP contribution in [0.5, 0.6) is 0 Å². The van der Waals surface area contributed by atoms with Crippen LogP contribution >= 0.6 is 0 Å². The zero-order chi connectivity index (χ0) is 16.3. The van der Waals surface area contributed by atoms with Gasteiger partial charge < -0.3 is 10.0 Å². The van der Waals surface area contributed by atoms with E-state index in [1.54, 1.807) is 37.2 Å². The molecule has 0 unspecified atom stereocenters. The van der Waals surface area contributed by atoms with E-state index in [0.717, 1.165) is 0 Å². The van der Waals surface area contributed by atoms with Gasteiger partial charge in [-0.3, -0.25) is 4.72 Å². The molecular formula is C14H15N3O4S. The third kappa shape index (κ3) is 3.34. The number of aromatic carboxylic acids is 1. The maximum atomic E-state index is 12.4. The zero-order valence-corrected chi connectivity index (χ0v) is 12.8. The van der Waals surface area contributed by atoms with Gasteiger partial charge in [-0.05, 0) is 18.2 Å². The summed E-state index contributed by atoms with van der Waals surface area (Å²) < 4.78 is 27.1. The van der Waals surface area contributed by atoms with Crippen LogP contribution in [0.3, 0.4) is 0 Å². The van der Waals surface area contributed by atoms with Crippen molar-refractivity contribution in [2.75, 3.05) is 23.7 Å². The number of carbonyl (C=O) groups is 1. The molecule has 0 aliphatic rings. The number of rotatable bonds is 5. The third-order valence-corrected chi connectivity index (χ3v) is 4.22. The highest BCUT2D eigenvalue weighted by Crippen LogP contribution is 2.25. The molecule has 2 rings (SSSR count). The van der Waals surface area contributed by atoms with E-state index in [-0.39, 0.29) is 16.1 Å². The lowest BCUT2D eigenvalue weighted by Crippen LogP contribution is -2.19. The van der Waals surface area contributed by atoms with Crippen LogP contribution in [0.25, 0.3) is 0 Å². The van der Waals surface area contributed by atoms with Crippen molar-refractivity contribution in [2.24, 2.45) is 0 Å². The van der Waals surface area contributed by atoms with E-state index >= 15 is 0 Å². The van der Waals surface area contributed by atoms with Crippen molar-refractivity contribution >= 4 is 27.5 Å². The first-order chi connectivity index (χ1) is 10.3. The monoisotopic (exact) mass is 321 g/mol. The Kier molecular flexibility index (Phi) is 4.32. The fraction of sp³-hybridized carbons (Fsp3) is 0.143. The zero-order valence-electron chi connectivity index (χ0n) is 12.0. The average molecular weight is 321 g/mol. The molecule has 0 aliphatic heterocycles. The first kappa shape index (κ1) is 15.8. The van der Waals surface area contributed by atoms with E-state index in [1.165, 1.54) is 24.4 Å². The van der Waals surface area contributed by atoms with Crippen molar-refractivity contribution in [3.63, 3.8) is 0 Å². The molecule has 7 nitrogen and oxygen atoms in total. The highest BCUT2D eigenvalue weighted by atomic mass is 32.2. The van der Waals surface area contributed by atoms with Crippen molar-refractivity contribution in [1.82, 2.24) is 4.98 Å². The summed E-state index contributed by atoms with van der Waals surface area (Å²) in [6.07, 6.45) is 1.18. The minimum absolute atomic E-state index is 0.0837. The van der Waals surface area contributed by atoms with Gasteiger partial charge in [-0.1, -0.05) is 18.2 Å². The van der Waals surface area contributed by atoms with Gasteiger partial charge >= 0.3 is 5.97 Å². The predicted molar refractivity (Wildman–Crippen MR) is 82.8 cm³/mol. The molecule has 0 atom stereocenters. The van der Waals surface area contributed by atoms with Gasteiger partial charge in [0.05, 0.1) is 16.1 Å². The molecule has 0 fully saturated rings. The van der Waals surface area contributed by atoms with Crippen LogP contribution in [-0.2, 0) is 10.0 Å². The molecule has 0 radical (unpaired) electrons. The van der Waals surface area contributed by atoms with Gasteiger partial charge in [0.1, 0.15) is 0 Å². The Morgan fingerprint density at radius 3 is 2.41 bits per heavy atom. The molecule has 1 aromatic carbocycles. The SMILES string of the molecule is CN(C)c1ncc(C(=O)O)cc1NS(=O)(=O)c1ccccc1. The van der Waals surface area contributed by atoms with Crippen molar-refractivity contribution in [2.45, 2.75) is 4.90 Å². The number of hydrogen-bond donors (Lipinski definition) is 2. The van der Waals surface area contributed by atoms with Gasteiger partial charge in [0.2, 0.25) is 0 Å². The van der Waals surface area contributed by atoms with Crippen molar-refractivity contribution < 1.29 is 18.3 Å². The Labute approximate surface area is 128 Å². The topological polar surface area (TPSA) is 99.6 Å². The van der Waals surface area contributed by atoms with Crippen LogP contribution in [0.1, 0.15) is 10.4 Å². The molecular weight excluding hydrogens is 306 g/mol. The summed E-state index contributed by atoms with van der Waals surface area (Å²) in [4.78, 5) is 16.7. The lowest BCUT2D eigenvalue weighted by Gasteiger charge is -2.17. The second kappa shape index (κ2) is 6.02. The summed E-state index contributed by atoms with van der Waals surface area (Å²) in [5, 5.41) is 9.02. The van der Waals surface area contributed by atoms with Crippen LogP contribution in [0.4, 0.5) is 11.5 Å². The first-order valence-electron chi connectivity index (χ1n) is 6.30. The Hall–Kier alpha value is -2.61. The number of pyridine rings is 1. The van der Waals surface area contributed by atoms with E-state index in [1.807, 2.05) is 0 Å². The van der Waals surface area contributed by atoms with Gasteiger partial charge in [0, 0.05) is 20.3 Å². The molecule has 0 aliphatic carbocycles. The fourth-order valence-corrected chi connectivity index (χ4v) is 2.88. The summed E-state index contributed by atoms with van der Waals surface area (Å²) in [7, 11) is -0.454. The van der Waals surface area contributed by atoms with Crippen molar-refractivity contribution in [3.05, 3.63) is 48.2 Å². The lowest BCUT2D eigenvalue weighted by atomic mass is 10.2. The molecule has 0 spiro atoms. The summed E-state index contributed by atoms with van der Waals surface area (Å²) >= 11 is 0. The van der Waals surface area contributed by atoms with Gasteiger partial charge in [0.15, 0.2) is 5.82 Å². The number of anilines is 2. The van der Waals surface area contributed by atoms with Crippen molar-refractivity contribution in [3.8, 4) is 0 Å². The van der Waals surface area contributed by atoms with Crippen LogP contribution in [0.2, 0.25) is 0 Å². The highest BCUT2D eigenvalue weighted by Gasteiger charge is 2.18. The van der Waals surface area contributed by atoms with E-state index in [0.29, 0.717) is 5.82 Å². The number of nitrogens with zero attached hydrogens (tertiary/aromatic N) is 2. The van der Waals surface area contributed by atoms with E-state index in [4.69, 9.17) is 5.11 Å². The molecule has 22 heavy (non-hydrogen) atoms. The Morgan fingerprint density at radius 1 is 1.23 bits per heavy atom. The summed E-state index contributed by atoms with van der Waals surface area (Å²) in [6.45, 7) is 0.